The fourth-order valence-electron chi connectivity index (χ4n) is 3.13. The van der Waals surface area contributed by atoms with Crippen molar-refractivity contribution in [2.75, 3.05) is 0 Å². The van der Waals surface area contributed by atoms with Gasteiger partial charge in [0.25, 0.3) is 0 Å². The molecule has 136 valence electrons. The average molecular weight is 358 g/mol. The Labute approximate surface area is 149 Å². The van der Waals surface area contributed by atoms with Gasteiger partial charge in [-0.15, -0.1) is 0 Å². The van der Waals surface area contributed by atoms with Gasteiger partial charge in [-0.3, -0.25) is 9.59 Å². The molecule has 1 atom stereocenters. The van der Waals surface area contributed by atoms with Crippen molar-refractivity contribution in [2.24, 2.45) is 5.92 Å². The number of carbonyl (C=O) groups excluding carboxylic acids is 2. The Morgan fingerprint density at radius 1 is 1.31 bits per heavy atom. The molecule has 1 aromatic heterocycles. The summed E-state index contributed by atoms with van der Waals surface area (Å²) in [6.07, 6.45) is 2.76. The molecule has 2 fully saturated rings. The van der Waals surface area contributed by atoms with E-state index < -0.39 is 0 Å². The number of hydrogen-bond donors (Lipinski definition) is 1. The second kappa shape index (κ2) is 6.86. The van der Waals surface area contributed by atoms with Gasteiger partial charge in [-0.25, -0.2) is 4.39 Å². The summed E-state index contributed by atoms with van der Waals surface area (Å²) >= 11 is 0. The van der Waals surface area contributed by atoms with Crippen molar-refractivity contribution in [1.82, 2.24) is 20.4 Å². The van der Waals surface area contributed by atoms with Crippen LogP contribution in [0.15, 0.2) is 28.8 Å². The summed E-state index contributed by atoms with van der Waals surface area (Å²) in [6.45, 7) is 0.360. The Balaban J connectivity index is 1.44. The van der Waals surface area contributed by atoms with E-state index in [1.54, 1.807) is 23.1 Å². The molecule has 4 rings (SSSR count). The van der Waals surface area contributed by atoms with Crippen molar-refractivity contribution >= 4 is 11.8 Å². The number of amides is 2. The second-order valence-corrected chi connectivity index (χ2v) is 6.71. The number of hydrogen-bond acceptors (Lipinski definition) is 5. The molecule has 1 aliphatic carbocycles. The minimum absolute atomic E-state index is 0.00794. The van der Waals surface area contributed by atoms with Crippen LogP contribution in [0.25, 0.3) is 0 Å². The summed E-state index contributed by atoms with van der Waals surface area (Å²) in [6, 6.07) is 6.01. The number of nitrogens with zero attached hydrogens (tertiary/aromatic N) is 3. The highest BCUT2D eigenvalue weighted by molar-refractivity contribution is 5.80. The van der Waals surface area contributed by atoms with Crippen LogP contribution in [-0.4, -0.2) is 26.9 Å². The van der Waals surface area contributed by atoms with E-state index in [4.69, 9.17) is 4.52 Å². The molecule has 7 nitrogen and oxygen atoms in total. The van der Waals surface area contributed by atoms with Gasteiger partial charge in [-0.1, -0.05) is 23.4 Å². The highest BCUT2D eigenvalue weighted by atomic mass is 19.1. The van der Waals surface area contributed by atoms with E-state index in [0.717, 1.165) is 12.8 Å². The van der Waals surface area contributed by atoms with Gasteiger partial charge in [0.05, 0.1) is 6.54 Å². The average Bonchev–Trinajstić information content (AvgIpc) is 3.29. The molecule has 1 saturated carbocycles. The van der Waals surface area contributed by atoms with Crippen LogP contribution in [0, 0.1) is 11.7 Å². The summed E-state index contributed by atoms with van der Waals surface area (Å²) in [4.78, 5) is 29.8. The van der Waals surface area contributed by atoms with E-state index in [0.29, 0.717) is 30.1 Å². The molecule has 2 amide bonds. The first-order valence-electron chi connectivity index (χ1n) is 8.75. The van der Waals surface area contributed by atoms with Gasteiger partial charge in [-0.05, 0) is 25.3 Å². The fraction of sp³-hybridized carbons (Fsp3) is 0.444. The Hall–Kier alpha value is -2.77. The lowest BCUT2D eigenvalue weighted by atomic mass is 10.1. The first-order chi connectivity index (χ1) is 12.6. The number of likely N-dealkylation sites (tertiary alicyclic amines) is 1. The number of halogens is 1. The Morgan fingerprint density at radius 2 is 2.12 bits per heavy atom. The van der Waals surface area contributed by atoms with Crippen LogP contribution in [0.5, 0.6) is 0 Å². The third-order valence-electron chi connectivity index (χ3n) is 4.76. The minimum atomic E-state index is -0.373. The van der Waals surface area contributed by atoms with Gasteiger partial charge in [0.2, 0.25) is 17.7 Å². The molecule has 1 N–H and O–H groups in total. The highest BCUT2D eigenvalue weighted by Crippen LogP contribution is 2.33. The smallest absolute Gasteiger partial charge is 0.249 e. The van der Waals surface area contributed by atoms with Crippen LogP contribution < -0.4 is 5.32 Å². The molecule has 0 radical (unpaired) electrons. The maximum atomic E-state index is 13.9. The zero-order valence-corrected chi connectivity index (χ0v) is 14.2. The number of nitrogens with one attached hydrogen (secondary N) is 1. The number of carbonyl (C=O) groups is 2. The molecule has 26 heavy (non-hydrogen) atoms. The summed E-state index contributed by atoms with van der Waals surface area (Å²) in [5.74, 6) is 0.403. The van der Waals surface area contributed by atoms with E-state index in [9.17, 15) is 14.0 Å². The summed E-state index contributed by atoms with van der Waals surface area (Å²) in [5.41, 5.74) is 0.448. The van der Waals surface area contributed by atoms with Gasteiger partial charge in [0, 0.05) is 24.4 Å². The SMILES string of the molecule is O=C(NCc1noc([C@@H]2CCC(=O)N2Cc2ccccc2F)n1)C1CC1. The normalized spacial score (nSPS) is 19.8. The first kappa shape index (κ1) is 16.7. The predicted molar refractivity (Wildman–Crippen MR) is 87.8 cm³/mol. The monoisotopic (exact) mass is 358 g/mol. The van der Waals surface area contributed by atoms with Crippen LogP contribution in [0.1, 0.15) is 49.0 Å². The first-order valence-corrected chi connectivity index (χ1v) is 8.75. The van der Waals surface area contributed by atoms with Gasteiger partial charge >= 0.3 is 0 Å². The van der Waals surface area contributed by atoms with Crippen LogP contribution in [0.2, 0.25) is 0 Å². The molecule has 1 aromatic carbocycles. The third-order valence-corrected chi connectivity index (χ3v) is 4.76. The number of benzene rings is 1. The molecular weight excluding hydrogens is 339 g/mol. The quantitative estimate of drug-likeness (QED) is 0.854. The second-order valence-electron chi connectivity index (χ2n) is 6.71. The molecule has 0 unspecified atom stereocenters. The van der Waals surface area contributed by atoms with Gasteiger partial charge < -0.3 is 14.7 Å². The largest absolute Gasteiger partial charge is 0.348 e. The molecule has 2 aromatic rings. The summed E-state index contributed by atoms with van der Waals surface area (Å²) < 4.78 is 19.2. The fourth-order valence-corrected chi connectivity index (χ4v) is 3.13. The molecule has 2 heterocycles. The Kier molecular flexibility index (Phi) is 4.40. The van der Waals surface area contributed by atoms with Crippen molar-refractivity contribution < 1.29 is 18.5 Å². The van der Waals surface area contributed by atoms with Crippen LogP contribution in [-0.2, 0) is 22.7 Å². The van der Waals surface area contributed by atoms with Crippen molar-refractivity contribution in [3.8, 4) is 0 Å². The lowest BCUT2D eigenvalue weighted by Gasteiger charge is -2.22. The summed E-state index contributed by atoms with van der Waals surface area (Å²) in [7, 11) is 0. The van der Waals surface area contributed by atoms with Crippen LogP contribution in [0.4, 0.5) is 4.39 Å². The van der Waals surface area contributed by atoms with Crippen molar-refractivity contribution in [3.63, 3.8) is 0 Å². The standard InChI is InChI=1S/C18H19FN4O3/c19-13-4-2-1-3-12(13)10-23-14(7-8-16(23)24)18-21-15(22-26-18)9-20-17(25)11-5-6-11/h1-4,11,14H,5-10H2,(H,20,25)/t14-/m0/s1. The molecule has 0 bridgehead atoms. The Bertz CT molecular complexity index is 833. The van der Waals surface area contributed by atoms with E-state index in [-0.39, 0.29) is 42.7 Å². The van der Waals surface area contributed by atoms with Crippen LogP contribution in [0.3, 0.4) is 0 Å². The zero-order chi connectivity index (χ0) is 18.1. The minimum Gasteiger partial charge on any atom is -0.348 e. The summed E-state index contributed by atoms with van der Waals surface area (Å²) in [5, 5.41) is 6.66. The molecule has 8 heteroatoms. The van der Waals surface area contributed by atoms with Crippen molar-refractivity contribution in [1.29, 1.82) is 0 Å². The van der Waals surface area contributed by atoms with Crippen molar-refractivity contribution in [3.05, 3.63) is 47.4 Å². The molecule has 0 spiro atoms. The zero-order valence-electron chi connectivity index (χ0n) is 14.2. The maximum absolute atomic E-state index is 13.9. The molecule has 1 aliphatic heterocycles. The molecular formula is C18H19FN4O3. The van der Waals surface area contributed by atoms with Gasteiger partial charge in [0.15, 0.2) is 5.82 Å². The molecule has 2 aliphatic rings. The Morgan fingerprint density at radius 3 is 2.88 bits per heavy atom. The predicted octanol–water partition coefficient (Wildman–Crippen LogP) is 2.10. The molecule has 1 saturated heterocycles. The van der Waals surface area contributed by atoms with Gasteiger partial charge in [-0.2, -0.15) is 4.98 Å². The highest BCUT2D eigenvalue weighted by Gasteiger charge is 2.36. The van der Waals surface area contributed by atoms with Crippen LogP contribution >= 0.6 is 0 Å². The number of aromatic nitrogens is 2. The van der Waals surface area contributed by atoms with E-state index in [1.165, 1.54) is 6.07 Å². The van der Waals surface area contributed by atoms with E-state index in [2.05, 4.69) is 15.5 Å². The van der Waals surface area contributed by atoms with E-state index >= 15 is 0 Å². The maximum Gasteiger partial charge on any atom is 0.249 e. The third kappa shape index (κ3) is 3.44. The van der Waals surface area contributed by atoms with Gasteiger partial charge in [0.1, 0.15) is 11.9 Å². The lowest BCUT2D eigenvalue weighted by Crippen LogP contribution is -2.28. The van der Waals surface area contributed by atoms with E-state index in [1.807, 2.05) is 0 Å². The topological polar surface area (TPSA) is 88.3 Å². The van der Waals surface area contributed by atoms with Crippen molar-refractivity contribution in [2.45, 2.75) is 44.8 Å². The number of rotatable bonds is 6. The lowest BCUT2D eigenvalue weighted by molar-refractivity contribution is -0.130.